The summed E-state index contributed by atoms with van der Waals surface area (Å²) in [6.45, 7) is 1.77. The maximum absolute atomic E-state index is 12.5. The van der Waals surface area contributed by atoms with Gasteiger partial charge < -0.3 is 11.1 Å². The predicted octanol–water partition coefficient (Wildman–Crippen LogP) is -0.561. The Kier molecular flexibility index (Phi) is 5.00. The Morgan fingerprint density at radius 2 is 2.00 bits per heavy atom. The molecule has 1 aliphatic carbocycles. The smallest absolute Gasteiger partial charge is 0.330 e. The van der Waals surface area contributed by atoms with Crippen molar-refractivity contribution in [3.63, 3.8) is 0 Å². The van der Waals surface area contributed by atoms with Gasteiger partial charge in [0.25, 0.3) is 5.56 Å². The number of nitrogens with two attached hydrogens (primary N) is 1. The lowest BCUT2D eigenvalue weighted by atomic mass is 10.2. The van der Waals surface area contributed by atoms with Crippen molar-refractivity contribution in [1.82, 2.24) is 29.6 Å². The molecule has 2 heterocycles. The molecule has 1 aliphatic rings. The minimum absolute atomic E-state index is 0.0661. The van der Waals surface area contributed by atoms with E-state index in [2.05, 4.69) is 20.5 Å². The normalized spacial score (nSPS) is 15.4. The Bertz CT molecular complexity index is 836. The molecule has 24 heavy (non-hydrogen) atoms. The van der Waals surface area contributed by atoms with E-state index in [1.54, 1.807) is 4.57 Å². The number of hydrogen-bond donors (Lipinski definition) is 2. The molecule has 0 unspecified atom stereocenters. The standard InChI is InChI=1S/C15H23N7O2/c1-21-14(23)12-13(22(15(21)24)10-5-2-3-6-10)20-19-11(18-12)9-17-8-4-7-16/h10,17H,2-9,16H2,1H3. The van der Waals surface area contributed by atoms with Crippen LogP contribution < -0.4 is 22.3 Å². The van der Waals surface area contributed by atoms with Crippen molar-refractivity contribution in [2.75, 3.05) is 13.1 Å². The molecule has 0 bridgehead atoms. The number of hydrogen-bond acceptors (Lipinski definition) is 7. The van der Waals surface area contributed by atoms with Gasteiger partial charge >= 0.3 is 5.69 Å². The van der Waals surface area contributed by atoms with Gasteiger partial charge in [0.2, 0.25) is 0 Å². The first kappa shape index (κ1) is 16.7. The first-order valence-corrected chi connectivity index (χ1v) is 8.39. The van der Waals surface area contributed by atoms with Crippen LogP contribution >= 0.6 is 0 Å². The van der Waals surface area contributed by atoms with Crippen molar-refractivity contribution >= 4 is 11.2 Å². The van der Waals surface area contributed by atoms with E-state index in [-0.39, 0.29) is 17.2 Å². The molecule has 1 saturated carbocycles. The first-order valence-electron chi connectivity index (χ1n) is 8.39. The lowest BCUT2D eigenvalue weighted by molar-refractivity contribution is 0.485. The Balaban J connectivity index is 2.03. The van der Waals surface area contributed by atoms with Crippen LogP contribution in [0, 0.1) is 0 Å². The van der Waals surface area contributed by atoms with Gasteiger partial charge in [-0.1, -0.05) is 12.8 Å². The van der Waals surface area contributed by atoms with Crippen molar-refractivity contribution in [1.29, 1.82) is 0 Å². The largest absolute Gasteiger partial charge is 0.332 e. The minimum atomic E-state index is -0.428. The van der Waals surface area contributed by atoms with Gasteiger partial charge in [0.1, 0.15) is 0 Å². The average molecular weight is 333 g/mol. The molecule has 0 saturated heterocycles. The van der Waals surface area contributed by atoms with Crippen LogP contribution in [0.25, 0.3) is 11.2 Å². The molecule has 0 radical (unpaired) electrons. The van der Waals surface area contributed by atoms with Crippen molar-refractivity contribution in [2.45, 2.75) is 44.7 Å². The Morgan fingerprint density at radius 1 is 1.25 bits per heavy atom. The zero-order valence-corrected chi connectivity index (χ0v) is 13.9. The van der Waals surface area contributed by atoms with Crippen molar-refractivity contribution < 1.29 is 0 Å². The second-order valence-corrected chi connectivity index (χ2v) is 6.17. The maximum Gasteiger partial charge on any atom is 0.332 e. The van der Waals surface area contributed by atoms with Crippen LogP contribution in [-0.4, -0.2) is 37.4 Å². The van der Waals surface area contributed by atoms with Gasteiger partial charge in [-0.25, -0.2) is 9.78 Å². The highest BCUT2D eigenvalue weighted by Gasteiger charge is 2.24. The van der Waals surface area contributed by atoms with Crippen molar-refractivity contribution in [2.24, 2.45) is 12.8 Å². The van der Waals surface area contributed by atoms with Gasteiger partial charge in [0.05, 0.1) is 6.54 Å². The second kappa shape index (κ2) is 7.18. The fourth-order valence-corrected chi connectivity index (χ4v) is 3.15. The number of nitrogens with one attached hydrogen (secondary N) is 1. The number of nitrogens with zero attached hydrogens (tertiary/aromatic N) is 5. The zero-order valence-electron chi connectivity index (χ0n) is 13.9. The fourth-order valence-electron chi connectivity index (χ4n) is 3.15. The molecule has 0 aliphatic heterocycles. The second-order valence-electron chi connectivity index (χ2n) is 6.17. The summed E-state index contributed by atoms with van der Waals surface area (Å²) in [5.74, 6) is 0.438. The third kappa shape index (κ3) is 3.09. The van der Waals surface area contributed by atoms with E-state index in [1.807, 2.05) is 0 Å². The van der Waals surface area contributed by atoms with E-state index in [9.17, 15) is 9.59 Å². The van der Waals surface area contributed by atoms with E-state index in [4.69, 9.17) is 5.73 Å². The summed E-state index contributed by atoms with van der Waals surface area (Å²) in [6.07, 6.45) is 4.83. The van der Waals surface area contributed by atoms with Crippen molar-refractivity contribution in [3.05, 3.63) is 26.7 Å². The topological polar surface area (TPSA) is 121 Å². The predicted molar refractivity (Wildman–Crippen MR) is 89.7 cm³/mol. The molecule has 9 nitrogen and oxygen atoms in total. The van der Waals surface area contributed by atoms with Crippen LogP contribution in [0.3, 0.4) is 0 Å². The lowest BCUT2D eigenvalue weighted by Gasteiger charge is -2.16. The summed E-state index contributed by atoms with van der Waals surface area (Å²) in [7, 11) is 1.48. The average Bonchev–Trinajstić information content (AvgIpc) is 3.11. The van der Waals surface area contributed by atoms with E-state index in [0.717, 1.165) is 43.2 Å². The molecule has 9 heteroatoms. The lowest BCUT2D eigenvalue weighted by Crippen LogP contribution is -2.40. The van der Waals surface area contributed by atoms with E-state index in [1.165, 1.54) is 7.05 Å². The molecule has 2 aromatic heterocycles. The van der Waals surface area contributed by atoms with Gasteiger partial charge in [-0.2, -0.15) is 0 Å². The van der Waals surface area contributed by atoms with Gasteiger partial charge in [-0.15, -0.1) is 10.2 Å². The third-order valence-corrected chi connectivity index (χ3v) is 4.47. The monoisotopic (exact) mass is 333 g/mol. The van der Waals surface area contributed by atoms with Gasteiger partial charge in [0, 0.05) is 13.1 Å². The number of aromatic nitrogens is 5. The van der Waals surface area contributed by atoms with Gasteiger partial charge in [-0.3, -0.25) is 13.9 Å². The molecule has 3 rings (SSSR count). The van der Waals surface area contributed by atoms with Crippen LogP contribution in [0.15, 0.2) is 9.59 Å². The summed E-state index contributed by atoms with van der Waals surface area (Å²) in [6, 6.07) is 0.0661. The molecular formula is C15H23N7O2. The molecule has 3 N–H and O–H groups in total. The highest BCUT2D eigenvalue weighted by atomic mass is 16.2. The molecule has 0 aromatic carbocycles. The molecule has 0 atom stereocenters. The summed E-state index contributed by atoms with van der Waals surface area (Å²) < 4.78 is 2.70. The highest BCUT2D eigenvalue weighted by molar-refractivity contribution is 5.68. The summed E-state index contributed by atoms with van der Waals surface area (Å²) >= 11 is 0. The molecule has 2 aromatic rings. The molecule has 1 fully saturated rings. The van der Waals surface area contributed by atoms with Crippen LogP contribution in [-0.2, 0) is 13.6 Å². The van der Waals surface area contributed by atoms with Gasteiger partial charge in [-0.05, 0) is 32.4 Å². The number of fused-ring (bicyclic) bond motifs is 1. The van der Waals surface area contributed by atoms with Crippen LogP contribution in [0.2, 0.25) is 0 Å². The van der Waals surface area contributed by atoms with Crippen LogP contribution in [0.5, 0.6) is 0 Å². The van der Waals surface area contributed by atoms with Crippen LogP contribution in [0.4, 0.5) is 0 Å². The summed E-state index contributed by atoms with van der Waals surface area (Å²) in [4.78, 5) is 29.3. The Morgan fingerprint density at radius 3 is 2.71 bits per heavy atom. The SMILES string of the molecule is Cn1c(=O)c2nc(CNCCCN)nnc2n(C2CCCC2)c1=O. The quantitative estimate of drug-likeness (QED) is 0.680. The zero-order chi connectivity index (χ0) is 17.1. The molecule has 0 amide bonds. The molecule has 130 valence electrons. The first-order chi connectivity index (χ1) is 11.6. The Labute approximate surface area is 138 Å². The van der Waals surface area contributed by atoms with Crippen molar-refractivity contribution in [3.8, 4) is 0 Å². The Hall–Kier alpha value is -2.13. The summed E-state index contributed by atoms with van der Waals surface area (Å²) in [5.41, 5.74) is 5.17. The fraction of sp³-hybridized carbons (Fsp3) is 0.667. The molecular weight excluding hydrogens is 310 g/mol. The summed E-state index contributed by atoms with van der Waals surface area (Å²) in [5, 5.41) is 11.4. The van der Waals surface area contributed by atoms with Crippen LogP contribution in [0.1, 0.15) is 44.0 Å². The van der Waals surface area contributed by atoms with E-state index < -0.39 is 5.56 Å². The number of rotatable bonds is 6. The third-order valence-electron chi connectivity index (χ3n) is 4.47. The molecule has 0 spiro atoms. The van der Waals surface area contributed by atoms with E-state index >= 15 is 0 Å². The van der Waals surface area contributed by atoms with E-state index in [0.29, 0.717) is 24.6 Å². The highest BCUT2D eigenvalue weighted by Crippen LogP contribution is 2.29. The van der Waals surface area contributed by atoms with Gasteiger partial charge in [0.15, 0.2) is 17.0 Å². The minimum Gasteiger partial charge on any atom is -0.330 e. The maximum atomic E-state index is 12.5.